The summed E-state index contributed by atoms with van der Waals surface area (Å²) in [4.78, 5) is 24.6. The van der Waals surface area contributed by atoms with Gasteiger partial charge >= 0.3 is 11.9 Å². The van der Waals surface area contributed by atoms with E-state index in [0.717, 1.165) is 0 Å². The van der Waals surface area contributed by atoms with Crippen molar-refractivity contribution in [1.29, 1.82) is 0 Å². The fraction of sp³-hybridized carbons (Fsp3) is 0.368. The number of esters is 2. The highest BCUT2D eigenvalue weighted by molar-refractivity contribution is 7.92. The van der Waals surface area contributed by atoms with Crippen molar-refractivity contribution in [1.82, 2.24) is 0 Å². The van der Waals surface area contributed by atoms with Crippen molar-refractivity contribution in [3.8, 4) is 11.5 Å². The summed E-state index contributed by atoms with van der Waals surface area (Å²) in [7, 11) is -1.62. The van der Waals surface area contributed by atoms with Crippen LogP contribution >= 0.6 is 0 Å². The molecule has 1 aromatic heterocycles. The van der Waals surface area contributed by atoms with Gasteiger partial charge in [0.15, 0.2) is 0 Å². The number of benzene rings is 1. The fourth-order valence-electron chi connectivity index (χ4n) is 2.63. The third-order valence-electron chi connectivity index (χ3n) is 3.93. The number of rotatable bonds is 9. The maximum atomic E-state index is 13.0. The van der Waals surface area contributed by atoms with Crippen LogP contribution in [0.25, 0.3) is 0 Å². The van der Waals surface area contributed by atoms with Gasteiger partial charge in [-0.05, 0) is 32.9 Å². The molecule has 0 aliphatic heterocycles. The van der Waals surface area contributed by atoms with Crippen LogP contribution in [-0.4, -0.2) is 47.8 Å². The molecule has 0 aliphatic carbocycles. The molecule has 0 saturated heterocycles. The van der Waals surface area contributed by atoms with Crippen molar-refractivity contribution in [2.45, 2.75) is 25.7 Å². The van der Waals surface area contributed by atoms with Crippen molar-refractivity contribution in [3.05, 3.63) is 35.1 Å². The Labute approximate surface area is 174 Å². The topological polar surface area (TPSA) is 130 Å². The Morgan fingerprint density at radius 2 is 1.60 bits per heavy atom. The highest BCUT2D eigenvalue weighted by Gasteiger charge is 2.33. The smallest absolute Gasteiger partial charge is 0.344 e. The summed E-state index contributed by atoms with van der Waals surface area (Å²) in [5.74, 6) is -1.95. The SMILES string of the molecule is CCOC(=O)c1c(C)oc(NS(=O)(=O)c2cc(OC)ccc2OC)c1C(=O)OCC. The van der Waals surface area contributed by atoms with E-state index in [2.05, 4.69) is 4.72 Å². The Morgan fingerprint density at radius 3 is 2.13 bits per heavy atom. The molecular weight excluding hydrogens is 418 g/mol. The maximum Gasteiger partial charge on any atom is 0.344 e. The Bertz CT molecular complexity index is 1040. The molecule has 0 radical (unpaired) electrons. The predicted molar refractivity (Wildman–Crippen MR) is 106 cm³/mol. The average molecular weight is 441 g/mol. The molecule has 0 saturated carbocycles. The van der Waals surface area contributed by atoms with Crippen LogP contribution in [0, 0.1) is 6.92 Å². The second-order valence-electron chi connectivity index (χ2n) is 5.80. The molecule has 0 spiro atoms. The van der Waals surface area contributed by atoms with Crippen LogP contribution in [0.15, 0.2) is 27.5 Å². The fourth-order valence-corrected chi connectivity index (χ4v) is 3.82. The molecule has 0 amide bonds. The number of hydrogen-bond acceptors (Lipinski definition) is 9. The van der Waals surface area contributed by atoms with E-state index < -0.39 is 27.8 Å². The number of hydrogen-bond donors (Lipinski definition) is 1. The molecule has 2 rings (SSSR count). The van der Waals surface area contributed by atoms with Gasteiger partial charge in [-0.25, -0.2) is 22.7 Å². The second-order valence-corrected chi connectivity index (χ2v) is 7.45. The summed E-state index contributed by atoms with van der Waals surface area (Å²) in [5, 5.41) is 0. The maximum absolute atomic E-state index is 13.0. The lowest BCUT2D eigenvalue weighted by Gasteiger charge is -2.12. The standard InChI is InChI=1S/C19H23NO9S/c1-6-27-18(21)15-11(3)29-17(16(15)19(22)28-7-2)20-30(23,24)14-10-12(25-4)8-9-13(14)26-5/h8-10,20H,6-7H2,1-5H3. The third kappa shape index (κ3) is 4.67. The van der Waals surface area contributed by atoms with E-state index in [1.54, 1.807) is 13.8 Å². The average Bonchev–Trinajstić information content (AvgIpc) is 3.02. The van der Waals surface area contributed by atoms with E-state index in [9.17, 15) is 18.0 Å². The Morgan fingerprint density at radius 1 is 1.00 bits per heavy atom. The van der Waals surface area contributed by atoms with Gasteiger partial charge in [-0.1, -0.05) is 0 Å². The van der Waals surface area contributed by atoms with Gasteiger partial charge < -0.3 is 23.4 Å². The van der Waals surface area contributed by atoms with Crippen molar-refractivity contribution >= 4 is 27.8 Å². The van der Waals surface area contributed by atoms with Gasteiger partial charge in [0.05, 0.1) is 27.4 Å². The Balaban J connectivity index is 2.61. The Hall–Kier alpha value is -3.21. The lowest BCUT2D eigenvalue weighted by atomic mass is 10.1. The molecule has 0 aliphatic rings. The van der Waals surface area contributed by atoms with Crippen molar-refractivity contribution in [3.63, 3.8) is 0 Å². The molecular formula is C19H23NO9S. The zero-order valence-electron chi connectivity index (χ0n) is 17.2. The van der Waals surface area contributed by atoms with E-state index >= 15 is 0 Å². The number of furan rings is 1. The molecule has 10 nitrogen and oxygen atoms in total. The largest absolute Gasteiger partial charge is 0.497 e. The van der Waals surface area contributed by atoms with E-state index in [4.69, 9.17) is 23.4 Å². The van der Waals surface area contributed by atoms with E-state index in [1.165, 1.54) is 39.3 Å². The monoisotopic (exact) mass is 441 g/mol. The molecule has 0 bridgehead atoms. The first kappa shape index (κ1) is 23.1. The molecule has 0 unspecified atom stereocenters. The minimum Gasteiger partial charge on any atom is -0.497 e. The van der Waals surface area contributed by atoms with Crippen LogP contribution in [0.3, 0.4) is 0 Å². The molecule has 2 aromatic rings. The minimum absolute atomic E-state index is 0.00121. The second kappa shape index (κ2) is 9.53. The number of aryl methyl sites for hydroxylation is 1. The predicted octanol–water partition coefficient (Wildman–Crippen LogP) is 2.76. The summed E-state index contributed by atoms with van der Waals surface area (Å²) in [6.45, 7) is 4.61. The highest BCUT2D eigenvalue weighted by Crippen LogP contribution is 2.34. The number of sulfonamides is 1. The number of carbonyl (C=O) groups is 2. The van der Waals surface area contributed by atoms with Gasteiger partial charge in [0.2, 0.25) is 5.88 Å². The number of methoxy groups -OCH3 is 2. The summed E-state index contributed by atoms with van der Waals surface area (Å²) >= 11 is 0. The van der Waals surface area contributed by atoms with Gasteiger partial charge in [0, 0.05) is 6.07 Å². The minimum atomic E-state index is -4.31. The Kier molecular flexibility index (Phi) is 7.33. The summed E-state index contributed by atoms with van der Waals surface area (Å²) in [6, 6.07) is 4.18. The lowest BCUT2D eigenvalue weighted by Crippen LogP contribution is -2.18. The van der Waals surface area contributed by atoms with Crippen LogP contribution in [0.1, 0.15) is 40.3 Å². The summed E-state index contributed by atoms with van der Waals surface area (Å²) in [5.41, 5.74) is -0.594. The van der Waals surface area contributed by atoms with Gasteiger partial charge in [0.25, 0.3) is 10.0 Å². The third-order valence-corrected chi connectivity index (χ3v) is 5.28. The summed E-state index contributed by atoms with van der Waals surface area (Å²) in [6.07, 6.45) is 0. The first-order chi connectivity index (χ1) is 14.2. The highest BCUT2D eigenvalue weighted by atomic mass is 32.2. The first-order valence-corrected chi connectivity index (χ1v) is 10.4. The molecule has 1 aromatic carbocycles. The zero-order valence-corrected chi connectivity index (χ0v) is 18.0. The number of anilines is 1. The van der Waals surface area contributed by atoms with E-state index in [1.807, 2.05) is 0 Å². The van der Waals surface area contributed by atoms with Gasteiger partial charge in [-0.2, -0.15) is 0 Å². The normalized spacial score (nSPS) is 11.0. The number of carbonyl (C=O) groups excluding carboxylic acids is 2. The number of nitrogens with one attached hydrogen (secondary N) is 1. The molecule has 1 N–H and O–H groups in total. The molecule has 1 heterocycles. The van der Waals surface area contributed by atoms with Crippen LogP contribution in [-0.2, 0) is 19.5 Å². The lowest BCUT2D eigenvalue weighted by molar-refractivity contribution is 0.0480. The van der Waals surface area contributed by atoms with Crippen LogP contribution in [0.2, 0.25) is 0 Å². The molecule has 0 atom stereocenters. The van der Waals surface area contributed by atoms with E-state index in [-0.39, 0.29) is 46.5 Å². The molecule has 11 heteroatoms. The van der Waals surface area contributed by atoms with Crippen molar-refractivity contribution in [2.24, 2.45) is 0 Å². The van der Waals surface area contributed by atoms with E-state index in [0.29, 0.717) is 0 Å². The summed E-state index contributed by atoms with van der Waals surface area (Å²) < 4.78 is 53.7. The molecule has 0 fully saturated rings. The van der Waals surface area contributed by atoms with Gasteiger partial charge in [0.1, 0.15) is 33.3 Å². The number of ether oxygens (including phenoxy) is 4. The van der Waals surface area contributed by atoms with Crippen LogP contribution < -0.4 is 14.2 Å². The zero-order chi connectivity index (χ0) is 22.5. The quantitative estimate of drug-likeness (QED) is 0.584. The molecule has 30 heavy (non-hydrogen) atoms. The van der Waals surface area contributed by atoms with Gasteiger partial charge in [-0.15, -0.1) is 0 Å². The van der Waals surface area contributed by atoms with Crippen LogP contribution in [0.5, 0.6) is 11.5 Å². The van der Waals surface area contributed by atoms with Crippen LogP contribution in [0.4, 0.5) is 5.88 Å². The molecule has 164 valence electrons. The van der Waals surface area contributed by atoms with Crippen molar-refractivity contribution in [2.75, 3.05) is 32.2 Å². The van der Waals surface area contributed by atoms with Crippen molar-refractivity contribution < 1.29 is 41.4 Å². The first-order valence-electron chi connectivity index (χ1n) is 8.92. The van der Waals surface area contributed by atoms with Gasteiger partial charge in [-0.3, -0.25) is 0 Å².